The Balaban J connectivity index is 1.86. The van der Waals surface area contributed by atoms with Crippen LogP contribution in [0.2, 0.25) is 5.02 Å². The normalized spacial score (nSPS) is 18.4. The average molecular weight is 361 g/mol. The van der Waals surface area contributed by atoms with Crippen molar-refractivity contribution in [2.45, 2.75) is 50.7 Å². The first-order chi connectivity index (χ1) is 9.58. The van der Waals surface area contributed by atoms with Gasteiger partial charge in [0.15, 0.2) is 0 Å². The second-order valence-electron chi connectivity index (χ2n) is 5.74. The Labute approximate surface area is 135 Å². The molecule has 2 rings (SSSR count). The molecule has 0 spiro atoms. The summed E-state index contributed by atoms with van der Waals surface area (Å²) in [5.41, 5.74) is 0.826. The van der Waals surface area contributed by atoms with Gasteiger partial charge in [-0.25, -0.2) is 0 Å². The summed E-state index contributed by atoms with van der Waals surface area (Å²) >= 11 is 9.57. The van der Waals surface area contributed by atoms with Gasteiger partial charge in [-0.2, -0.15) is 0 Å². The molecule has 1 unspecified atom stereocenters. The zero-order valence-corrected chi connectivity index (χ0v) is 14.3. The Morgan fingerprint density at radius 3 is 2.70 bits per heavy atom. The van der Waals surface area contributed by atoms with Crippen LogP contribution in [0.25, 0.3) is 0 Å². The minimum absolute atomic E-state index is 0.485. The van der Waals surface area contributed by atoms with Crippen LogP contribution in [0.15, 0.2) is 22.7 Å². The lowest BCUT2D eigenvalue weighted by molar-refractivity contribution is 0.125. The molecule has 1 aliphatic carbocycles. The Bertz CT molecular complexity index is 434. The quantitative estimate of drug-likeness (QED) is 0.816. The Kier molecular flexibility index (Phi) is 6.34. The van der Waals surface area contributed by atoms with E-state index in [-0.39, 0.29) is 0 Å². The van der Waals surface area contributed by atoms with E-state index >= 15 is 0 Å². The summed E-state index contributed by atoms with van der Waals surface area (Å²) in [6, 6.07) is 6.36. The van der Waals surface area contributed by atoms with Gasteiger partial charge in [0.05, 0.1) is 6.10 Å². The number of aliphatic hydroxyl groups excluding tert-OH is 1. The van der Waals surface area contributed by atoms with E-state index in [0.717, 1.165) is 23.0 Å². The fourth-order valence-electron chi connectivity index (χ4n) is 2.96. The molecule has 0 heterocycles. The molecule has 4 heteroatoms. The molecule has 20 heavy (non-hydrogen) atoms. The zero-order chi connectivity index (χ0) is 14.5. The van der Waals surface area contributed by atoms with Crippen molar-refractivity contribution in [3.63, 3.8) is 0 Å². The Hall–Kier alpha value is -0.0900. The van der Waals surface area contributed by atoms with Crippen molar-refractivity contribution in [3.05, 3.63) is 33.3 Å². The molecular weight excluding hydrogens is 338 g/mol. The van der Waals surface area contributed by atoms with Crippen LogP contribution in [0, 0.1) is 0 Å². The molecule has 0 saturated heterocycles. The van der Waals surface area contributed by atoms with Crippen LogP contribution in [0.4, 0.5) is 0 Å². The third-order valence-corrected chi connectivity index (χ3v) is 5.10. The van der Waals surface area contributed by atoms with Gasteiger partial charge in [-0.1, -0.05) is 52.9 Å². The van der Waals surface area contributed by atoms with Crippen LogP contribution in [-0.2, 0) is 0 Å². The van der Waals surface area contributed by atoms with Gasteiger partial charge >= 0.3 is 0 Å². The standard InChI is InChI=1S/C16H23BrClNO/c1-19(13-5-3-2-4-6-13)10-9-16(20)14-8-7-12(17)11-15(14)18/h7-8,11,13,16,20H,2-6,9-10H2,1H3. The summed E-state index contributed by atoms with van der Waals surface area (Å²) in [6.07, 6.45) is 6.90. The van der Waals surface area contributed by atoms with Gasteiger partial charge in [-0.15, -0.1) is 0 Å². The average Bonchev–Trinajstić information content (AvgIpc) is 2.45. The number of halogens is 2. The van der Waals surface area contributed by atoms with Crippen molar-refractivity contribution >= 4 is 27.5 Å². The van der Waals surface area contributed by atoms with Crippen LogP contribution in [0.1, 0.15) is 50.2 Å². The highest BCUT2D eigenvalue weighted by Gasteiger charge is 2.19. The van der Waals surface area contributed by atoms with Crippen molar-refractivity contribution in [1.29, 1.82) is 0 Å². The van der Waals surface area contributed by atoms with E-state index in [2.05, 4.69) is 27.9 Å². The highest BCUT2D eigenvalue weighted by molar-refractivity contribution is 9.10. The van der Waals surface area contributed by atoms with Crippen LogP contribution in [0.5, 0.6) is 0 Å². The fourth-order valence-corrected chi connectivity index (χ4v) is 3.76. The third-order valence-electron chi connectivity index (χ3n) is 4.27. The van der Waals surface area contributed by atoms with Crippen molar-refractivity contribution in [3.8, 4) is 0 Å². The van der Waals surface area contributed by atoms with Gasteiger partial charge in [0.25, 0.3) is 0 Å². The molecule has 2 nitrogen and oxygen atoms in total. The highest BCUT2D eigenvalue weighted by Crippen LogP contribution is 2.29. The number of hydrogen-bond donors (Lipinski definition) is 1. The predicted molar refractivity (Wildman–Crippen MR) is 88.2 cm³/mol. The SMILES string of the molecule is CN(CCC(O)c1ccc(Br)cc1Cl)C1CCCCC1. The monoisotopic (exact) mass is 359 g/mol. The summed E-state index contributed by atoms with van der Waals surface area (Å²) in [6.45, 7) is 0.915. The minimum atomic E-state index is -0.485. The van der Waals surface area contributed by atoms with Gasteiger partial charge < -0.3 is 10.0 Å². The summed E-state index contributed by atoms with van der Waals surface area (Å²) in [4.78, 5) is 2.40. The lowest BCUT2D eigenvalue weighted by Gasteiger charge is -2.31. The summed E-state index contributed by atoms with van der Waals surface area (Å²) < 4.78 is 0.942. The Morgan fingerprint density at radius 1 is 1.35 bits per heavy atom. The minimum Gasteiger partial charge on any atom is -0.388 e. The van der Waals surface area contributed by atoms with Gasteiger partial charge in [-0.3, -0.25) is 0 Å². The van der Waals surface area contributed by atoms with E-state index in [4.69, 9.17) is 11.6 Å². The molecule has 1 N–H and O–H groups in total. The zero-order valence-electron chi connectivity index (χ0n) is 12.0. The van der Waals surface area contributed by atoms with Crippen molar-refractivity contribution in [1.82, 2.24) is 4.90 Å². The smallest absolute Gasteiger partial charge is 0.0816 e. The van der Waals surface area contributed by atoms with Crippen LogP contribution in [-0.4, -0.2) is 29.6 Å². The highest BCUT2D eigenvalue weighted by atomic mass is 79.9. The maximum atomic E-state index is 10.3. The fraction of sp³-hybridized carbons (Fsp3) is 0.625. The Morgan fingerprint density at radius 2 is 2.05 bits per heavy atom. The maximum Gasteiger partial charge on any atom is 0.0816 e. The number of rotatable bonds is 5. The van der Waals surface area contributed by atoms with Gasteiger partial charge in [0.2, 0.25) is 0 Å². The first kappa shape index (κ1) is 16.3. The van der Waals surface area contributed by atoms with Gasteiger partial charge in [0.1, 0.15) is 0 Å². The summed E-state index contributed by atoms with van der Waals surface area (Å²) in [7, 11) is 2.17. The number of nitrogens with zero attached hydrogens (tertiary/aromatic N) is 1. The van der Waals surface area contributed by atoms with Crippen molar-refractivity contribution in [2.75, 3.05) is 13.6 Å². The lowest BCUT2D eigenvalue weighted by Crippen LogP contribution is -2.34. The lowest BCUT2D eigenvalue weighted by atomic mass is 9.94. The molecular formula is C16H23BrClNO. The molecule has 0 amide bonds. The molecule has 0 bridgehead atoms. The van der Waals surface area contributed by atoms with E-state index in [9.17, 15) is 5.11 Å². The summed E-state index contributed by atoms with van der Waals surface area (Å²) in [5.74, 6) is 0. The second-order valence-corrected chi connectivity index (χ2v) is 7.07. The van der Waals surface area contributed by atoms with Crippen LogP contribution in [0.3, 0.4) is 0 Å². The molecule has 1 saturated carbocycles. The molecule has 1 fully saturated rings. The topological polar surface area (TPSA) is 23.5 Å². The van der Waals surface area contributed by atoms with Crippen molar-refractivity contribution in [2.24, 2.45) is 0 Å². The molecule has 1 aromatic carbocycles. The molecule has 0 aromatic heterocycles. The van der Waals surface area contributed by atoms with Crippen LogP contribution < -0.4 is 0 Å². The molecule has 1 aliphatic rings. The molecule has 0 radical (unpaired) electrons. The first-order valence-corrected chi connectivity index (χ1v) is 8.58. The van der Waals surface area contributed by atoms with E-state index in [1.54, 1.807) is 0 Å². The number of benzene rings is 1. The van der Waals surface area contributed by atoms with E-state index in [0.29, 0.717) is 11.1 Å². The van der Waals surface area contributed by atoms with E-state index in [1.807, 2.05) is 18.2 Å². The van der Waals surface area contributed by atoms with E-state index in [1.165, 1.54) is 32.1 Å². The molecule has 0 aliphatic heterocycles. The summed E-state index contributed by atoms with van der Waals surface area (Å²) in [5, 5.41) is 10.9. The third kappa shape index (κ3) is 4.45. The van der Waals surface area contributed by atoms with Crippen molar-refractivity contribution < 1.29 is 5.11 Å². The van der Waals surface area contributed by atoms with Gasteiger partial charge in [-0.05, 0) is 44.0 Å². The van der Waals surface area contributed by atoms with Crippen LogP contribution >= 0.6 is 27.5 Å². The second kappa shape index (κ2) is 7.79. The predicted octanol–water partition coefficient (Wildman–Crippen LogP) is 4.79. The first-order valence-electron chi connectivity index (χ1n) is 7.41. The largest absolute Gasteiger partial charge is 0.388 e. The van der Waals surface area contributed by atoms with Gasteiger partial charge in [0, 0.05) is 22.1 Å². The molecule has 112 valence electrons. The molecule has 1 aromatic rings. The van der Waals surface area contributed by atoms with E-state index < -0.39 is 6.10 Å². The number of aliphatic hydroxyl groups is 1. The maximum absolute atomic E-state index is 10.3. The number of hydrogen-bond acceptors (Lipinski definition) is 2. The molecule has 1 atom stereocenters.